The summed E-state index contributed by atoms with van der Waals surface area (Å²) in [5.74, 6) is 0.0296. The Morgan fingerprint density at radius 2 is 1.60 bits per heavy atom. The molecular weight excluding hydrogens is 338 g/mol. The molecular formula is C19H24ClN3O2. The van der Waals surface area contributed by atoms with Crippen LogP contribution < -0.4 is 4.90 Å². The molecule has 2 atom stereocenters. The Morgan fingerprint density at radius 3 is 2.20 bits per heavy atom. The van der Waals surface area contributed by atoms with E-state index in [0.717, 1.165) is 62.6 Å². The standard InChI is InChI=1S/C19H24ClN3O2/c20-14-4-3-5-15(12-14)22-10-8-21(9-11-22)13-23-18(24)16-6-1-2-7-17(16)19(23)25/h3-5,12,16-17H,1-2,6-11,13H2/t16-,17+. The summed E-state index contributed by atoms with van der Waals surface area (Å²) in [7, 11) is 0. The minimum absolute atomic E-state index is 0.0472. The van der Waals surface area contributed by atoms with Gasteiger partial charge in [0.2, 0.25) is 11.8 Å². The molecule has 5 nitrogen and oxygen atoms in total. The van der Waals surface area contributed by atoms with Crippen molar-refractivity contribution >= 4 is 29.1 Å². The lowest BCUT2D eigenvalue weighted by Crippen LogP contribution is -2.51. The molecule has 2 heterocycles. The maximum Gasteiger partial charge on any atom is 0.234 e. The number of amides is 2. The van der Waals surface area contributed by atoms with Crippen molar-refractivity contribution in [3.63, 3.8) is 0 Å². The summed E-state index contributed by atoms with van der Waals surface area (Å²) in [5.41, 5.74) is 1.13. The minimum Gasteiger partial charge on any atom is -0.369 e. The summed E-state index contributed by atoms with van der Waals surface area (Å²) in [6, 6.07) is 7.90. The van der Waals surface area contributed by atoms with Crippen LogP contribution in [0.4, 0.5) is 5.69 Å². The number of imide groups is 1. The maximum atomic E-state index is 12.6. The van der Waals surface area contributed by atoms with Gasteiger partial charge >= 0.3 is 0 Å². The Morgan fingerprint density at radius 1 is 0.960 bits per heavy atom. The molecule has 3 fully saturated rings. The third-order valence-corrected chi connectivity index (χ3v) is 6.05. The third-order valence-electron chi connectivity index (χ3n) is 5.82. The number of rotatable bonds is 3. The van der Waals surface area contributed by atoms with Gasteiger partial charge in [-0.15, -0.1) is 0 Å². The van der Waals surface area contributed by atoms with Gasteiger partial charge in [-0.05, 0) is 31.0 Å². The van der Waals surface area contributed by atoms with Crippen molar-refractivity contribution in [2.45, 2.75) is 25.7 Å². The number of hydrogen-bond acceptors (Lipinski definition) is 4. The van der Waals surface area contributed by atoms with Gasteiger partial charge in [-0.3, -0.25) is 19.4 Å². The number of carbonyl (C=O) groups excluding carboxylic acids is 2. The van der Waals surface area contributed by atoms with E-state index in [1.807, 2.05) is 18.2 Å². The van der Waals surface area contributed by atoms with Crippen molar-refractivity contribution in [1.82, 2.24) is 9.80 Å². The highest BCUT2D eigenvalue weighted by molar-refractivity contribution is 6.30. The normalized spacial score (nSPS) is 27.7. The number of nitrogens with zero attached hydrogens (tertiary/aromatic N) is 3. The zero-order valence-electron chi connectivity index (χ0n) is 14.4. The Hall–Kier alpha value is -1.59. The lowest BCUT2D eigenvalue weighted by molar-refractivity contribution is -0.142. The molecule has 1 aliphatic carbocycles. The van der Waals surface area contributed by atoms with Crippen LogP contribution in [0.1, 0.15) is 25.7 Å². The fourth-order valence-electron chi connectivity index (χ4n) is 4.39. The highest BCUT2D eigenvalue weighted by Crippen LogP contribution is 2.38. The molecule has 0 unspecified atom stereocenters. The van der Waals surface area contributed by atoms with Gasteiger partial charge in [0.25, 0.3) is 0 Å². The average molecular weight is 362 g/mol. The van der Waals surface area contributed by atoms with Gasteiger partial charge in [0.05, 0.1) is 18.5 Å². The van der Waals surface area contributed by atoms with Crippen molar-refractivity contribution in [2.75, 3.05) is 37.7 Å². The number of benzene rings is 1. The zero-order valence-corrected chi connectivity index (χ0v) is 15.1. The van der Waals surface area contributed by atoms with Crippen molar-refractivity contribution in [1.29, 1.82) is 0 Å². The van der Waals surface area contributed by atoms with Crippen LogP contribution in [-0.4, -0.2) is 54.5 Å². The van der Waals surface area contributed by atoms with Gasteiger partial charge in [-0.1, -0.05) is 30.5 Å². The number of anilines is 1. The first-order valence-corrected chi connectivity index (χ1v) is 9.59. The molecule has 0 spiro atoms. The van der Waals surface area contributed by atoms with E-state index >= 15 is 0 Å². The van der Waals surface area contributed by atoms with E-state index in [1.54, 1.807) is 0 Å². The van der Waals surface area contributed by atoms with Gasteiger partial charge < -0.3 is 4.90 Å². The van der Waals surface area contributed by atoms with Crippen molar-refractivity contribution in [2.24, 2.45) is 11.8 Å². The molecule has 25 heavy (non-hydrogen) atoms. The second kappa shape index (κ2) is 6.96. The SMILES string of the molecule is O=C1[C@H]2CCCC[C@H]2C(=O)N1CN1CCN(c2cccc(Cl)c2)CC1. The van der Waals surface area contributed by atoms with Gasteiger partial charge in [-0.25, -0.2) is 0 Å². The first-order chi connectivity index (χ1) is 12.1. The van der Waals surface area contributed by atoms with E-state index in [2.05, 4.69) is 15.9 Å². The summed E-state index contributed by atoms with van der Waals surface area (Å²) in [5, 5.41) is 0.746. The highest BCUT2D eigenvalue weighted by Gasteiger charge is 2.48. The van der Waals surface area contributed by atoms with E-state index < -0.39 is 0 Å². The Balaban J connectivity index is 1.36. The van der Waals surface area contributed by atoms with E-state index in [-0.39, 0.29) is 23.7 Å². The lowest BCUT2D eigenvalue weighted by Gasteiger charge is -2.37. The van der Waals surface area contributed by atoms with E-state index in [0.29, 0.717) is 6.67 Å². The van der Waals surface area contributed by atoms with Gasteiger partial charge in [-0.2, -0.15) is 0 Å². The van der Waals surface area contributed by atoms with Crippen LogP contribution in [0.2, 0.25) is 5.02 Å². The molecule has 2 aliphatic heterocycles. The Bertz CT molecular complexity index is 648. The average Bonchev–Trinajstić information content (AvgIpc) is 2.88. The predicted octanol–water partition coefficient (Wildman–Crippen LogP) is 2.59. The quantitative estimate of drug-likeness (QED) is 0.776. The second-order valence-corrected chi connectivity index (χ2v) is 7.76. The number of carbonyl (C=O) groups is 2. The number of hydrogen-bond donors (Lipinski definition) is 0. The highest BCUT2D eigenvalue weighted by atomic mass is 35.5. The van der Waals surface area contributed by atoms with Crippen LogP contribution in [0.25, 0.3) is 0 Å². The Labute approximate surface area is 153 Å². The van der Waals surface area contributed by atoms with Crippen LogP contribution in [0.15, 0.2) is 24.3 Å². The number of piperazine rings is 1. The van der Waals surface area contributed by atoms with Crippen LogP contribution in [-0.2, 0) is 9.59 Å². The van der Waals surface area contributed by atoms with E-state index in [1.165, 1.54) is 4.90 Å². The van der Waals surface area contributed by atoms with Gasteiger partial charge in [0, 0.05) is 36.9 Å². The molecule has 3 aliphatic rings. The summed E-state index contributed by atoms with van der Waals surface area (Å²) in [4.78, 5) is 31.2. The van der Waals surface area contributed by atoms with Crippen molar-refractivity contribution < 1.29 is 9.59 Å². The minimum atomic E-state index is -0.0472. The number of fused-ring (bicyclic) bond motifs is 1. The zero-order chi connectivity index (χ0) is 17.4. The molecule has 2 amide bonds. The van der Waals surface area contributed by atoms with E-state index in [9.17, 15) is 9.59 Å². The summed E-state index contributed by atoms with van der Waals surface area (Å²) in [6.45, 7) is 3.90. The fraction of sp³-hybridized carbons (Fsp3) is 0.579. The molecule has 1 saturated carbocycles. The topological polar surface area (TPSA) is 43.9 Å². The molecule has 0 N–H and O–H groups in total. The predicted molar refractivity (Wildman–Crippen MR) is 97.4 cm³/mol. The summed E-state index contributed by atoms with van der Waals surface area (Å²) >= 11 is 6.08. The van der Waals surface area contributed by atoms with E-state index in [4.69, 9.17) is 11.6 Å². The van der Waals surface area contributed by atoms with Gasteiger partial charge in [0.1, 0.15) is 0 Å². The molecule has 1 aromatic rings. The number of likely N-dealkylation sites (tertiary alicyclic amines) is 1. The first-order valence-electron chi connectivity index (χ1n) is 9.21. The van der Waals surface area contributed by atoms with Crippen molar-refractivity contribution in [3.05, 3.63) is 29.3 Å². The van der Waals surface area contributed by atoms with Crippen LogP contribution in [0.5, 0.6) is 0 Å². The van der Waals surface area contributed by atoms with Crippen LogP contribution in [0, 0.1) is 11.8 Å². The monoisotopic (exact) mass is 361 g/mol. The molecule has 0 radical (unpaired) electrons. The molecule has 2 saturated heterocycles. The number of halogens is 1. The second-order valence-electron chi connectivity index (χ2n) is 7.33. The molecule has 134 valence electrons. The van der Waals surface area contributed by atoms with Crippen LogP contribution >= 0.6 is 11.6 Å². The molecule has 0 aromatic heterocycles. The molecule has 4 rings (SSSR count). The molecule has 6 heteroatoms. The fourth-order valence-corrected chi connectivity index (χ4v) is 4.58. The van der Waals surface area contributed by atoms with Gasteiger partial charge in [0.15, 0.2) is 0 Å². The lowest BCUT2D eigenvalue weighted by atomic mass is 9.81. The molecule has 0 bridgehead atoms. The summed E-state index contributed by atoms with van der Waals surface area (Å²) < 4.78 is 0. The van der Waals surface area contributed by atoms with Crippen LogP contribution in [0.3, 0.4) is 0 Å². The maximum absolute atomic E-state index is 12.6. The Kier molecular flexibility index (Phi) is 4.69. The largest absolute Gasteiger partial charge is 0.369 e. The third kappa shape index (κ3) is 3.27. The smallest absolute Gasteiger partial charge is 0.234 e. The van der Waals surface area contributed by atoms with Crippen molar-refractivity contribution in [3.8, 4) is 0 Å². The first kappa shape index (κ1) is 16.9. The summed E-state index contributed by atoms with van der Waals surface area (Å²) in [6.07, 6.45) is 3.92. The molecule has 1 aromatic carbocycles.